The second-order valence-corrected chi connectivity index (χ2v) is 3.63. The maximum atomic E-state index is 5.70. The van der Waals surface area contributed by atoms with Gasteiger partial charge >= 0.3 is 0 Å². The lowest BCUT2D eigenvalue weighted by atomic mass is 10.2. The van der Waals surface area contributed by atoms with Crippen molar-refractivity contribution in [3.05, 3.63) is 18.2 Å². The van der Waals surface area contributed by atoms with Gasteiger partial charge in [0, 0.05) is 24.8 Å². The molecule has 1 aliphatic heterocycles. The van der Waals surface area contributed by atoms with Gasteiger partial charge in [0.05, 0.1) is 12.8 Å². The molecule has 2 N–H and O–H groups in total. The predicted octanol–water partition coefficient (Wildman–Crippen LogP) is 2.72. The van der Waals surface area contributed by atoms with Gasteiger partial charge in [-0.15, -0.1) is 24.8 Å². The summed E-state index contributed by atoms with van der Waals surface area (Å²) in [4.78, 5) is 2.35. The molecule has 1 aromatic carbocycles. The number of rotatable bonds is 2. The van der Waals surface area contributed by atoms with Crippen LogP contribution >= 0.6 is 24.8 Å². The molecular weight excluding hydrogens is 247 g/mol. The maximum absolute atomic E-state index is 5.70. The Labute approximate surface area is 109 Å². The molecule has 1 heterocycles. The molecule has 5 heteroatoms. The molecule has 0 aliphatic carbocycles. The van der Waals surface area contributed by atoms with Crippen molar-refractivity contribution in [3.8, 4) is 5.75 Å². The molecule has 92 valence electrons. The molecule has 1 saturated heterocycles. The van der Waals surface area contributed by atoms with Gasteiger partial charge in [-0.3, -0.25) is 0 Å². The fourth-order valence-corrected chi connectivity index (χ4v) is 1.91. The van der Waals surface area contributed by atoms with Crippen LogP contribution in [0.4, 0.5) is 11.4 Å². The van der Waals surface area contributed by atoms with E-state index >= 15 is 0 Å². The first-order valence-corrected chi connectivity index (χ1v) is 5.00. The quantitative estimate of drug-likeness (QED) is 0.835. The Balaban J connectivity index is 0.00000112. The Kier molecular flexibility index (Phi) is 6.38. The van der Waals surface area contributed by atoms with Gasteiger partial charge in [-0.2, -0.15) is 0 Å². The number of nitrogen functional groups attached to an aromatic ring is 1. The van der Waals surface area contributed by atoms with Crippen LogP contribution in [0.3, 0.4) is 0 Å². The minimum absolute atomic E-state index is 0. The van der Waals surface area contributed by atoms with E-state index in [0.717, 1.165) is 24.5 Å². The Morgan fingerprint density at radius 2 is 1.81 bits per heavy atom. The van der Waals surface area contributed by atoms with Crippen LogP contribution in [0.25, 0.3) is 0 Å². The van der Waals surface area contributed by atoms with Crippen LogP contribution in [0, 0.1) is 0 Å². The first-order valence-electron chi connectivity index (χ1n) is 5.00. The number of nitrogens with two attached hydrogens (primary N) is 1. The fraction of sp³-hybridized carbons (Fsp3) is 0.455. The third kappa shape index (κ3) is 3.09. The highest BCUT2D eigenvalue weighted by atomic mass is 35.5. The van der Waals surface area contributed by atoms with Crippen LogP contribution in [-0.4, -0.2) is 20.2 Å². The van der Waals surface area contributed by atoms with Crippen LogP contribution in [0.2, 0.25) is 0 Å². The van der Waals surface area contributed by atoms with Gasteiger partial charge in [0.2, 0.25) is 0 Å². The average molecular weight is 265 g/mol. The third-order valence-corrected chi connectivity index (χ3v) is 2.65. The van der Waals surface area contributed by atoms with E-state index in [1.807, 2.05) is 18.2 Å². The molecule has 0 amide bonds. The summed E-state index contributed by atoms with van der Waals surface area (Å²) in [6, 6.07) is 5.85. The van der Waals surface area contributed by atoms with Gasteiger partial charge < -0.3 is 15.4 Å². The molecule has 0 unspecified atom stereocenters. The monoisotopic (exact) mass is 264 g/mol. The van der Waals surface area contributed by atoms with Crippen molar-refractivity contribution in [1.29, 1.82) is 0 Å². The summed E-state index contributed by atoms with van der Waals surface area (Å²) in [6.07, 6.45) is 2.54. The Bertz CT molecular complexity index is 328. The molecule has 1 aromatic rings. The summed E-state index contributed by atoms with van der Waals surface area (Å²) >= 11 is 0. The first kappa shape index (κ1) is 15.2. The molecule has 3 nitrogen and oxygen atoms in total. The number of anilines is 2. The van der Waals surface area contributed by atoms with E-state index in [1.165, 1.54) is 18.5 Å². The van der Waals surface area contributed by atoms with Crippen LogP contribution < -0.4 is 15.4 Å². The number of hydrogen-bond acceptors (Lipinski definition) is 3. The molecule has 1 aliphatic rings. The zero-order chi connectivity index (χ0) is 9.97. The Morgan fingerprint density at radius 3 is 2.38 bits per heavy atom. The van der Waals surface area contributed by atoms with E-state index in [2.05, 4.69) is 4.90 Å². The molecule has 0 atom stereocenters. The second kappa shape index (κ2) is 6.71. The van der Waals surface area contributed by atoms with E-state index < -0.39 is 0 Å². The second-order valence-electron chi connectivity index (χ2n) is 3.63. The highest BCUT2D eigenvalue weighted by molar-refractivity contribution is 5.85. The van der Waals surface area contributed by atoms with Crippen LogP contribution in [0.15, 0.2) is 18.2 Å². The topological polar surface area (TPSA) is 38.5 Å². The Hall–Kier alpha value is -0.800. The van der Waals surface area contributed by atoms with Gasteiger partial charge in [0.1, 0.15) is 5.75 Å². The van der Waals surface area contributed by atoms with Crippen LogP contribution in [-0.2, 0) is 0 Å². The first-order chi connectivity index (χ1) is 6.81. The molecule has 0 saturated carbocycles. The van der Waals surface area contributed by atoms with E-state index in [0.29, 0.717) is 0 Å². The zero-order valence-electron chi connectivity index (χ0n) is 9.31. The van der Waals surface area contributed by atoms with E-state index in [-0.39, 0.29) is 24.8 Å². The van der Waals surface area contributed by atoms with Gasteiger partial charge in [-0.25, -0.2) is 0 Å². The summed E-state index contributed by atoms with van der Waals surface area (Å²) in [5, 5.41) is 0. The summed E-state index contributed by atoms with van der Waals surface area (Å²) in [5.74, 6) is 0.881. The van der Waals surface area contributed by atoms with Crippen molar-refractivity contribution in [1.82, 2.24) is 0 Å². The number of nitrogens with zero attached hydrogens (tertiary/aromatic N) is 1. The zero-order valence-corrected chi connectivity index (χ0v) is 10.9. The minimum Gasteiger partial charge on any atom is -0.495 e. The largest absolute Gasteiger partial charge is 0.495 e. The molecule has 0 bridgehead atoms. The lowest BCUT2D eigenvalue weighted by Gasteiger charge is -2.20. The summed E-state index contributed by atoms with van der Waals surface area (Å²) in [6.45, 7) is 2.25. The summed E-state index contributed by atoms with van der Waals surface area (Å²) in [7, 11) is 1.69. The highest BCUT2D eigenvalue weighted by Gasteiger charge is 2.15. The average Bonchev–Trinajstić information content (AvgIpc) is 2.70. The van der Waals surface area contributed by atoms with Gasteiger partial charge in [-0.1, -0.05) is 0 Å². The minimum atomic E-state index is 0. The van der Waals surface area contributed by atoms with Gasteiger partial charge in [-0.05, 0) is 25.0 Å². The number of ether oxygens (including phenoxy) is 1. The van der Waals surface area contributed by atoms with Crippen LogP contribution in [0.1, 0.15) is 12.8 Å². The number of hydrogen-bond donors (Lipinski definition) is 1. The standard InChI is InChI=1S/C11H16N2O.2ClH/c1-14-11-8-9(12)4-5-10(11)13-6-2-3-7-13;;/h4-5,8H,2-3,6-7,12H2,1H3;2*1H. The lowest BCUT2D eigenvalue weighted by molar-refractivity contribution is 0.415. The van der Waals surface area contributed by atoms with Crippen molar-refractivity contribution in [2.45, 2.75) is 12.8 Å². The number of halogens is 2. The number of methoxy groups -OCH3 is 1. The summed E-state index contributed by atoms with van der Waals surface area (Å²) < 4.78 is 5.32. The maximum Gasteiger partial charge on any atom is 0.144 e. The fourth-order valence-electron chi connectivity index (χ4n) is 1.91. The summed E-state index contributed by atoms with van der Waals surface area (Å²) in [5.41, 5.74) is 7.62. The van der Waals surface area contributed by atoms with Gasteiger partial charge in [0.25, 0.3) is 0 Å². The van der Waals surface area contributed by atoms with Crippen molar-refractivity contribution < 1.29 is 4.74 Å². The smallest absolute Gasteiger partial charge is 0.144 e. The van der Waals surface area contributed by atoms with Crippen molar-refractivity contribution in [2.24, 2.45) is 0 Å². The molecule has 0 radical (unpaired) electrons. The molecule has 0 spiro atoms. The lowest BCUT2D eigenvalue weighted by Crippen LogP contribution is -2.18. The predicted molar refractivity (Wildman–Crippen MR) is 73.3 cm³/mol. The molecule has 2 rings (SSSR count). The molecule has 0 aromatic heterocycles. The van der Waals surface area contributed by atoms with E-state index in [9.17, 15) is 0 Å². The SMILES string of the molecule is COc1cc(N)ccc1N1CCCC1.Cl.Cl. The molecular formula is C11H18Cl2N2O. The molecule has 16 heavy (non-hydrogen) atoms. The van der Waals surface area contributed by atoms with Crippen LogP contribution in [0.5, 0.6) is 5.75 Å². The normalized spacial score (nSPS) is 13.9. The highest BCUT2D eigenvalue weighted by Crippen LogP contribution is 2.32. The Morgan fingerprint density at radius 1 is 1.19 bits per heavy atom. The van der Waals surface area contributed by atoms with Crippen molar-refractivity contribution in [3.63, 3.8) is 0 Å². The van der Waals surface area contributed by atoms with Crippen molar-refractivity contribution >= 4 is 36.2 Å². The van der Waals surface area contributed by atoms with Gasteiger partial charge in [0.15, 0.2) is 0 Å². The third-order valence-electron chi connectivity index (χ3n) is 2.65. The van der Waals surface area contributed by atoms with E-state index in [1.54, 1.807) is 7.11 Å². The number of benzene rings is 1. The molecule has 1 fully saturated rings. The van der Waals surface area contributed by atoms with E-state index in [4.69, 9.17) is 10.5 Å². The van der Waals surface area contributed by atoms with Crippen molar-refractivity contribution in [2.75, 3.05) is 30.8 Å².